The number of ether oxygens (including phenoxy) is 1. The lowest BCUT2D eigenvalue weighted by atomic mass is 10.1. The molecule has 0 aromatic carbocycles. The first-order valence-electron chi connectivity index (χ1n) is 4.11. The van der Waals surface area contributed by atoms with E-state index in [4.69, 9.17) is 10.8 Å². The molecule has 0 aliphatic heterocycles. The summed E-state index contributed by atoms with van der Waals surface area (Å²) in [7, 11) is 1.41. The van der Waals surface area contributed by atoms with Crippen molar-refractivity contribution in [2.75, 3.05) is 13.7 Å². The predicted molar refractivity (Wildman–Crippen MR) is 49.7 cm³/mol. The molecule has 0 aliphatic carbocycles. The van der Waals surface area contributed by atoms with Gasteiger partial charge in [0, 0.05) is 7.11 Å². The Balaban J connectivity index is 4.24. The van der Waals surface area contributed by atoms with E-state index in [1.54, 1.807) is 0 Å². The molecule has 0 fully saturated rings. The third-order valence-electron chi connectivity index (χ3n) is 1.65. The minimum Gasteiger partial charge on any atom is -0.480 e. The summed E-state index contributed by atoms with van der Waals surface area (Å²) in [4.78, 5) is 21.9. The van der Waals surface area contributed by atoms with Gasteiger partial charge in [0.1, 0.15) is 11.6 Å². The van der Waals surface area contributed by atoms with E-state index in [1.807, 2.05) is 0 Å². The van der Waals surface area contributed by atoms with E-state index in [0.29, 0.717) is 0 Å². The maximum atomic E-state index is 11.3. The van der Waals surface area contributed by atoms with Crippen LogP contribution in [0.1, 0.15) is 13.8 Å². The SMILES string of the molecule is COCC(N)C(=O)NC(C)(C)C(=O)O. The van der Waals surface area contributed by atoms with Crippen LogP contribution in [-0.4, -0.2) is 42.3 Å². The van der Waals surface area contributed by atoms with Crippen molar-refractivity contribution in [3.05, 3.63) is 0 Å². The molecular weight excluding hydrogens is 188 g/mol. The Morgan fingerprint density at radius 1 is 1.57 bits per heavy atom. The number of rotatable bonds is 5. The van der Waals surface area contributed by atoms with Crippen molar-refractivity contribution >= 4 is 11.9 Å². The molecule has 0 bridgehead atoms. The Morgan fingerprint density at radius 3 is 2.43 bits per heavy atom. The van der Waals surface area contributed by atoms with E-state index in [0.717, 1.165) is 0 Å². The molecule has 0 saturated heterocycles. The zero-order valence-electron chi connectivity index (χ0n) is 8.53. The molecule has 0 radical (unpaired) electrons. The Morgan fingerprint density at radius 2 is 2.07 bits per heavy atom. The smallest absolute Gasteiger partial charge is 0.328 e. The number of amides is 1. The van der Waals surface area contributed by atoms with Gasteiger partial charge in [-0.25, -0.2) is 4.79 Å². The second kappa shape index (κ2) is 4.92. The third kappa shape index (κ3) is 3.71. The number of methoxy groups -OCH3 is 1. The minimum atomic E-state index is -1.32. The lowest BCUT2D eigenvalue weighted by Crippen LogP contribution is -2.55. The molecule has 1 atom stereocenters. The average molecular weight is 204 g/mol. The van der Waals surface area contributed by atoms with Gasteiger partial charge in [-0.3, -0.25) is 4.79 Å². The summed E-state index contributed by atoms with van der Waals surface area (Å²) in [6, 6.07) is -0.848. The molecule has 14 heavy (non-hydrogen) atoms. The second-order valence-corrected chi connectivity index (χ2v) is 3.48. The van der Waals surface area contributed by atoms with Crippen LogP contribution in [0, 0.1) is 0 Å². The molecule has 0 rings (SSSR count). The van der Waals surface area contributed by atoms with Gasteiger partial charge in [-0.05, 0) is 13.8 Å². The van der Waals surface area contributed by atoms with E-state index in [9.17, 15) is 9.59 Å². The molecule has 0 aromatic rings. The molecule has 0 heterocycles. The van der Waals surface area contributed by atoms with Gasteiger partial charge in [0.05, 0.1) is 6.61 Å². The van der Waals surface area contributed by atoms with Gasteiger partial charge >= 0.3 is 5.97 Å². The van der Waals surface area contributed by atoms with Crippen molar-refractivity contribution in [3.63, 3.8) is 0 Å². The standard InChI is InChI=1S/C8H16N2O4/c1-8(2,7(12)13)10-6(11)5(9)4-14-3/h5H,4,9H2,1-3H3,(H,10,11)(H,12,13). The Labute approximate surface area is 82.4 Å². The summed E-state index contributed by atoms with van der Waals surface area (Å²) < 4.78 is 4.67. The molecule has 0 spiro atoms. The van der Waals surface area contributed by atoms with E-state index >= 15 is 0 Å². The molecule has 0 aromatic heterocycles. The van der Waals surface area contributed by atoms with Crippen molar-refractivity contribution in [1.29, 1.82) is 0 Å². The maximum Gasteiger partial charge on any atom is 0.328 e. The molecule has 1 unspecified atom stereocenters. The highest BCUT2D eigenvalue weighted by Gasteiger charge is 2.30. The van der Waals surface area contributed by atoms with Crippen LogP contribution in [0.25, 0.3) is 0 Å². The van der Waals surface area contributed by atoms with Gasteiger partial charge < -0.3 is 20.9 Å². The molecule has 82 valence electrons. The summed E-state index contributed by atoms with van der Waals surface area (Å²) in [6.45, 7) is 2.82. The van der Waals surface area contributed by atoms with Crippen molar-refractivity contribution in [1.82, 2.24) is 5.32 Å². The number of nitrogens with two attached hydrogens (primary N) is 1. The first-order chi connectivity index (χ1) is 6.31. The van der Waals surface area contributed by atoms with Crippen LogP contribution in [0.2, 0.25) is 0 Å². The fourth-order valence-electron chi connectivity index (χ4n) is 0.709. The number of nitrogens with one attached hydrogen (secondary N) is 1. The lowest BCUT2D eigenvalue weighted by Gasteiger charge is -2.22. The maximum absolute atomic E-state index is 11.3. The number of hydrogen-bond donors (Lipinski definition) is 3. The molecule has 6 heteroatoms. The summed E-state index contributed by atoms with van der Waals surface area (Å²) >= 11 is 0. The average Bonchev–Trinajstić information content (AvgIpc) is 2.03. The largest absolute Gasteiger partial charge is 0.480 e. The van der Waals surface area contributed by atoms with Crippen LogP contribution in [-0.2, 0) is 14.3 Å². The highest BCUT2D eigenvalue weighted by atomic mass is 16.5. The lowest BCUT2D eigenvalue weighted by molar-refractivity contribution is -0.146. The van der Waals surface area contributed by atoms with E-state index < -0.39 is 23.5 Å². The van der Waals surface area contributed by atoms with E-state index in [-0.39, 0.29) is 6.61 Å². The molecule has 0 saturated carbocycles. The minimum absolute atomic E-state index is 0.0571. The number of hydrogen-bond acceptors (Lipinski definition) is 4. The monoisotopic (exact) mass is 204 g/mol. The Bertz CT molecular complexity index is 227. The van der Waals surface area contributed by atoms with Gasteiger partial charge in [-0.1, -0.05) is 0 Å². The normalized spacial score (nSPS) is 13.4. The summed E-state index contributed by atoms with van der Waals surface area (Å²) in [6.07, 6.45) is 0. The van der Waals surface area contributed by atoms with E-state index in [1.165, 1.54) is 21.0 Å². The Hall–Kier alpha value is -1.14. The molecular formula is C8H16N2O4. The number of carbonyl (C=O) groups excluding carboxylic acids is 1. The topological polar surface area (TPSA) is 102 Å². The second-order valence-electron chi connectivity index (χ2n) is 3.48. The van der Waals surface area contributed by atoms with Gasteiger partial charge in [0.2, 0.25) is 5.91 Å². The zero-order chi connectivity index (χ0) is 11.4. The van der Waals surface area contributed by atoms with E-state index in [2.05, 4.69) is 10.1 Å². The summed E-state index contributed by atoms with van der Waals surface area (Å²) in [5.74, 6) is -1.66. The summed E-state index contributed by atoms with van der Waals surface area (Å²) in [5.41, 5.74) is 4.09. The van der Waals surface area contributed by atoms with Gasteiger partial charge in [-0.15, -0.1) is 0 Å². The third-order valence-corrected chi connectivity index (χ3v) is 1.65. The van der Waals surface area contributed by atoms with Crippen LogP contribution >= 0.6 is 0 Å². The van der Waals surface area contributed by atoms with Crippen LogP contribution in [0.5, 0.6) is 0 Å². The van der Waals surface area contributed by atoms with Crippen LogP contribution in [0.15, 0.2) is 0 Å². The van der Waals surface area contributed by atoms with Crippen molar-refractivity contribution in [2.45, 2.75) is 25.4 Å². The van der Waals surface area contributed by atoms with Crippen molar-refractivity contribution in [2.24, 2.45) is 5.73 Å². The highest BCUT2D eigenvalue weighted by Crippen LogP contribution is 2.01. The number of carboxylic acid groups (broad SMARTS) is 1. The van der Waals surface area contributed by atoms with Crippen molar-refractivity contribution < 1.29 is 19.4 Å². The van der Waals surface area contributed by atoms with Gasteiger partial charge in [0.25, 0.3) is 0 Å². The highest BCUT2D eigenvalue weighted by molar-refractivity contribution is 5.88. The first kappa shape index (κ1) is 12.9. The number of aliphatic carboxylic acids is 1. The zero-order valence-corrected chi connectivity index (χ0v) is 8.53. The fourth-order valence-corrected chi connectivity index (χ4v) is 0.709. The molecule has 6 nitrogen and oxygen atoms in total. The fraction of sp³-hybridized carbons (Fsp3) is 0.750. The quantitative estimate of drug-likeness (QED) is 0.530. The number of carbonyl (C=O) groups is 2. The number of carboxylic acids is 1. The van der Waals surface area contributed by atoms with Crippen molar-refractivity contribution in [3.8, 4) is 0 Å². The van der Waals surface area contributed by atoms with Crippen LogP contribution in [0.4, 0.5) is 0 Å². The van der Waals surface area contributed by atoms with Crippen LogP contribution in [0.3, 0.4) is 0 Å². The first-order valence-corrected chi connectivity index (χ1v) is 4.11. The molecule has 4 N–H and O–H groups in total. The summed E-state index contributed by atoms with van der Waals surface area (Å²) in [5, 5.41) is 11.0. The Kier molecular flexibility index (Phi) is 4.52. The van der Waals surface area contributed by atoms with Gasteiger partial charge in [-0.2, -0.15) is 0 Å². The predicted octanol–water partition coefficient (Wildman–Crippen LogP) is -1.06. The molecule has 1 amide bonds. The van der Waals surface area contributed by atoms with Gasteiger partial charge in [0.15, 0.2) is 0 Å². The van der Waals surface area contributed by atoms with Crippen LogP contribution < -0.4 is 11.1 Å². The molecule has 0 aliphatic rings.